The Hall–Kier alpha value is -2.66. The smallest absolute Gasteiger partial charge is 0.256 e. The Balaban J connectivity index is 1.28. The number of carbonyl (C=O) groups excluding carboxylic acids is 2. The number of aryl methyl sites for hydroxylation is 1. The van der Waals surface area contributed by atoms with Crippen LogP contribution in [-0.4, -0.2) is 52.6 Å². The van der Waals surface area contributed by atoms with Gasteiger partial charge in [-0.15, -0.1) is 0 Å². The maximum absolute atomic E-state index is 13.8. The summed E-state index contributed by atoms with van der Waals surface area (Å²) < 4.78 is 0. The number of hydrogen-bond acceptors (Lipinski definition) is 3. The Labute approximate surface area is 212 Å². The standard InChI is InChI=1S/C29H32ClN3O2/c1-19-16-23(21-6-9-24(30)10-7-21)8-11-25(19)26-31-29(13-2-3-14-29)28(35)33(26)18-20-12-15-32(17-20)27(34)22-4-5-22/h6-11,16,20,22H,2-5,12-15,17-18H2,1H3/t20-/m1/s1. The van der Waals surface area contributed by atoms with E-state index in [0.29, 0.717) is 18.4 Å². The molecule has 2 aromatic carbocycles. The highest BCUT2D eigenvalue weighted by molar-refractivity contribution is 6.30. The fourth-order valence-electron chi connectivity index (χ4n) is 6.08. The fraction of sp³-hybridized carbons (Fsp3) is 0.483. The van der Waals surface area contributed by atoms with Gasteiger partial charge in [-0.05, 0) is 73.8 Å². The molecule has 5 nitrogen and oxygen atoms in total. The first-order chi connectivity index (χ1) is 16.9. The van der Waals surface area contributed by atoms with Crippen molar-refractivity contribution < 1.29 is 9.59 Å². The van der Waals surface area contributed by atoms with Crippen LogP contribution >= 0.6 is 11.6 Å². The van der Waals surface area contributed by atoms with Gasteiger partial charge in [-0.3, -0.25) is 19.5 Å². The van der Waals surface area contributed by atoms with Gasteiger partial charge in [0.2, 0.25) is 5.91 Å². The zero-order valence-corrected chi connectivity index (χ0v) is 21.1. The number of rotatable bonds is 5. The predicted molar refractivity (Wildman–Crippen MR) is 138 cm³/mol. The van der Waals surface area contributed by atoms with Gasteiger partial charge in [-0.25, -0.2) is 0 Å². The third-order valence-electron chi connectivity index (χ3n) is 8.26. The molecule has 1 saturated heterocycles. The van der Waals surface area contributed by atoms with Gasteiger partial charge in [0, 0.05) is 36.1 Å². The zero-order valence-electron chi connectivity index (χ0n) is 20.3. The summed E-state index contributed by atoms with van der Waals surface area (Å²) in [5.74, 6) is 1.86. The Kier molecular flexibility index (Phi) is 5.71. The number of carbonyl (C=O) groups is 2. The van der Waals surface area contributed by atoms with Crippen LogP contribution in [0.5, 0.6) is 0 Å². The second-order valence-electron chi connectivity index (χ2n) is 10.8. The van der Waals surface area contributed by atoms with Crippen LogP contribution in [0.2, 0.25) is 5.02 Å². The van der Waals surface area contributed by atoms with E-state index < -0.39 is 5.54 Å². The van der Waals surface area contributed by atoms with Crippen LogP contribution in [0.25, 0.3) is 11.1 Å². The average molecular weight is 490 g/mol. The van der Waals surface area contributed by atoms with Gasteiger partial charge >= 0.3 is 0 Å². The highest BCUT2D eigenvalue weighted by Gasteiger charge is 2.51. The van der Waals surface area contributed by atoms with Crippen molar-refractivity contribution in [3.8, 4) is 11.1 Å². The second kappa shape index (κ2) is 8.77. The molecule has 0 unspecified atom stereocenters. The largest absolute Gasteiger partial charge is 0.342 e. The van der Waals surface area contributed by atoms with Crippen molar-refractivity contribution in [3.05, 3.63) is 58.6 Å². The third kappa shape index (κ3) is 4.18. The molecule has 0 aromatic heterocycles. The number of benzene rings is 2. The lowest BCUT2D eigenvalue weighted by Gasteiger charge is -2.26. The topological polar surface area (TPSA) is 53.0 Å². The lowest BCUT2D eigenvalue weighted by molar-refractivity contribution is -0.131. The number of amides is 2. The molecule has 0 bridgehead atoms. The van der Waals surface area contributed by atoms with Crippen LogP contribution in [-0.2, 0) is 9.59 Å². The van der Waals surface area contributed by atoms with Crippen molar-refractivity contribution in [1.29, 1.82) is 0 Å². The highest BCUT2D eigenvalue weighted by Crippen LogP contribution is 2.41. The minimum Gasteiger partial charge on any atom is -0.342 e. The molecule has 2 aliphatic heterocycles. The molecule has 2 aliphatic carbocycles. The molecule has 6 heteroatoms. The van der Waals surface area contributed by atoms with Gasteiger partial charge < -0.3 is 4.90 Å². The summed E-state index contributed by atoms with van der Waals surface area (Å²) in [5.41, 5.74) is 3.80. The SMILES string of the molecule is Cc1cc(-c2ccc(Cl)cc2)ccc1C1=NC2(CCCC2)C(=O)N1C[C@@H]1CCN(C(=O)C2CC2)C1. The maximum atomic E-state index is 13.8. The van der Waals surface area contributed by atoms with E-state index in [9.17, 15) is 9.59 Å². The molecule has 0 N–H and O–H groups in total. The number of likely N-dealkylation sites (tertiary alicyclic amines) is 1. The maximum Gasteiger partial charge on any atom is 0.256 e. The number of hydrogen-bond donors (Lipinski definition) is 0. The van der Waals surface area contributed by atoms with Gasteiger partial charge in [0.15, 0.2) is 0 Å². The Morgan fingerprint density at radius 3 is 2.46 bits per heavy atom. The Morgan fingerprint density at radius 2 is 1.77 bits per heavy atom. The summed E-state index contributed by atoms with van der Waals surface area (Å²) in [6, 6.07) is 14.3. The first-order valence-corrected chi connectivity index (χ1v) is 13.4. The molecule has 1 spiro atoms. The minimum absolute atomic E-state index is 0.165. The molecular weight excluding hydrogens is 458 g/mol. The van der Waals surface area contributed by atoms with Crippen LogP contribution in [0.1, 0.15) is 56.1 Å². The summed E-state index contributed by atoms with van der Waals surface area (Å²) in [5, 5.41) is 0.725. The number of nitrogens with zero attached hydrogens (tertiary/aromatic N) is 3. The highest BCUT2D eigenvalue weighted by atomic mass is 35.5. The van der Waals surface area contributed by atoms with Crippen molar-refractivity contribution in [2.75, 3.05) is 19.6 Å². The van der Waals surface area contributed by atoms with Crippen LogP contribution in [0, 0.1) is 18.8 Å². The van der Waals surface area contributed by atoms with Crippen LogP contribution in [0.4, 0.5) is 0 Å². The first-order valence-electron chi connectivity index (χ1n) is 13.0. The molecule has 35 heavy (non-hydrogen) atoms. The molecule has 2 aromatic rings. The molecule has 2 amide bonds. The van der Waals surface area contributed by atoms with E-state index in [4.69, 9.17) is 16.6 Å². The van der Waals surface area contributed by atoms with E-state index in [1.165, 1.54) is 0 Å². The van der Waals surface area contributed by atoms with E-state index >= 15 is 0 Å². The minimum atomic E-state index is -0.585. The Morgan fingerprint density at radius 1 is 1.06 bits per heavy atom. The quantitative estimate of drug-likeness (QED) is 0.558. The van der Waals surface area contributed by atoms with E-state index in [2.05, 4.69) is 25.1 Å². The molecular formula is C29H32ClN3O2. The van der Waals surface area contributed by atoms with Crippen LogP contribution in [0.15, 0.2) is 47.5 Å². The third-order valence-corrected chi connectivity index (χ3v) is 8.51. The van der Waals surface area contributed by atoms with Crippen molar-refractivity contribution >= 4 is 29.3 Å². The Bertz CT molecular complexity index is 1190. The van der Waals surface area contributed by atoms with E-state index in [1.807, 2.05) is 34.1 Å². The summed E-state index contributed by atoms with van der Waals surface area (Å²) >= 11 is 6.07. The summed E-state index contributed by atoms with van der Waals surface area (Å²) in [7, 11) is 0. The molecule has 182 valence electrons. The predicted octanol–water partition coefficient (Wildman–Crippen LogP) is 5.48. The lowest BCUT2D eigenvalue weighted by atomic mass is 9.97. The fourth-order valence-corrected chi connectivity index (χ4v) is 6.21. The van der Waals surface area contributed by atoms with Crippen LogP contribution < -0.4 is 0 Å². The van der Waals surface area contributed by atoms with Gasteiger partial charge in [0.25, 0.3) is 5.91 Å². The molecule has 2 saturated carbocycles. The van der Waals surface area contributed by atoms with Crippen molar-refractivity contribution in [2.45, 2.75) is 57.4 Å². The van der Waals surface area contributed by atoms with E-state index in [0.717, 1.165) is 91.1 Å². The van der Waals surface area contributed by atoms with Crippen molar-refractivity contribution in [1.82, 2.24) is 9.80 Å². The number of amidine groups is 1. The zero-order chi connectivity index (χ0) is 24.2. The molecule has 1 atom stereocenters. The average Bonchev–Trinajstić information content (AvgIpc) is 3.31. The van der Waals surface area contributed by atoms with Gasteiger partial charge in [0.05, 0.1) is 0 Å². The lowest BCUT2D eigenvalue weighted by Crippen LogP contribution is -2.44. The van der Waals surface area contributed by atoms with Crippen molar-refractivity contribution in [3.63, 3.8) is 0 Å². The van der Waals surface area contributed by atoms with E-state index in [-0.39, 0.29) is 11.8 Å². The summed E-state index contributed by atoms with van der Waals surface area (Å²) in [6.45, 7) is 4.32. The molecule has 0 radical (unpaired) electrons. The van der Waals surface area contributed by atoms with E-state index in [1.54, 1.807) is 0 Å². The number of aliphatic imine (C=N–C) groups is 1. The molecule has 4 aliphatic rings. The summed E-state index contributed by atoms with van der Waals surface area (Å²) in [6.07, 6.45) is 6.81. The van der Waals surface area contributed by atoms with Gasteiger partial charge in [-0.1, -0.05) is 54.8 Å². The monoisotopic (exact) mass is 489 g/mol. The second-order valence-corrected chi connectivity index (χ2v) is 11.3. The van der Waals surface area contributed by atoms with Gasteiger partial charge in [0.1, 0.15) is 11.4 Å². The summed E-state index contributed by atoms with van der Waals surface area (Å²) in [4.78, 5) is 35.5. The van der Waals surface area contributed by atoms with Crippen molar-refractivity contribution in [2.24, 2.45) is 16.8 Å². The first kappa shape index (κ1) is 22.8. The molecule has 2 heterocycles. The molecule has 3 fully saturated rings. The molecule has 6 rings (SSSR count). The van der Waals surface area contributed by atoms with Gasteiger partial charge in [-0.2, -0.15) is 0 Å². The van der Waals surface area contributed by atoms with Crippen LogP contribution in [0.3, 0.4) is 0 Å². The normalized spacial score (nSPS) is 23.4. The number of halogens is 1.